The summed E-state index contributed by atoms with van der Waals surface area (Å²) in [4.78, 5) is 10.3. The third-order valence-corrected chi connectivity index (χ3v) is 4.26. The number of carbonyl (C=O) groups is 1. The Labute approximate surface area is 115 Å². The van der Waals surface area contributed by atoms with Gasteiger partial charge in [0, 0.05) is 6.42 Å². The number of carbonyl (C=O) groups excluding carboxylic acids is 1. The van der Waals surface area contributed by atoms with Crippen LogP contribution in [0.3, 0.4) is 0 Å². The van der Waals surface area contributed by atoms with Crippen LogP contribution in [-0.4, -0.2) is 6.29 Å². The van der Waals surface area contributed by atoms with E-state index in [1.165, 1.54) is 44.9 Å². The average Bonchev–Trinajstić information content (AvgIpc) is 2.36. The van der Waals surface area contributed by atoms with Crippen molar-refractivity contribution in [3.63, 3.8) is 0 Å². The molecule has 0 aromatic carbocycles. The van der Waals surface area contributed by atoms with Gasteiger partial charge < -0.3 is 4.79 Å². The summed E-state index contributed by atoms with van der Waals surface area (Å²) in [5.41, 5.74) is 0. The van der Waals surface area contributed by atoms with Crippen LogP contribution in [0.2, 0.25) is 0 Å². The molecule has 0 aliphatic carbocycles. The first-order chi connectivity index (χ1) is 8.60. The summed E-state index contributed by atoms with van der Waals surface area (Å²) in [6, 6.07) is 0. The molecule has 0 aromatic heterocycles. The highest BCUT2D eigenvalue weighted by molar-refractivity contribution is 5.49. The summed E-state index contributed by atoms with van der Waals surface area (Å²) in [6.07, 6.45) is 12.4. The van der Waals surface area contributed by atoms with Crippen molar-refractivity contribution in [1.82, 2.24) is 0 Å². The molecule has 0 N–H and O–H groups in total. The highest BCUT2D eigenvalue weighted by atomic mass is 16.1. The van der Waals surface area contributed by atoms with Crippen LogP contribution in [-0.2, 0) is 4.79 Å². The van der Waals surface area contributed by atoms with Crippen molar-refractivity contribution in [2.24, 2.45) is 17.8 Å². The predicted molar refractivity (Wildman–Crippen MR) is 80.8 cm³/mol. The van der Waals surface area contributed by atoms with Crippen LogP contribution < -0.4 is 0 Å². The summed E-state index contributed by atoms with van der Waals surface area (Å²) in [5.74, 6) is 2.51. The van der Waals surface area contributed by atoms with Crippen molar-refractivity contribution < 1.29 is 4.79 Å². The molecule has 3 unspecified atom stereocenters. The molecule has 0 aliphatic heterocycles. The zero-order valence-corrected chi connectivity index (χ0v) is 13.1. The quantitative estimate of drug-likeness (QED) is 0.413. The van der Waals surface area contributed by atoms with Gasteiger partial charge in [-0.05, 0) is 24.2 Å². The fraction of sp³-hybridized carbons (Fsp3) is 0.941. The predicted octanol–water partition coefficient (Wildman–Crippen LogP) is 5.62. The first-order valence-corrected chi connectivity index (χ1v) is 8.03. The Hall–Kier alpha value is -0.330. The third-order valence-electron chi connectivity index (χ3n) is 4.26. The number of rotatable bonds is 12. The first-order valence-electron chi connectivity index (χ1n) is 8.03. The molecule has 0 amide bonds. The van der Waals surface area contributed by atoms with Gasteiger partial charge in [-0.25, -0.2) is 0 Å². The van der Waals surface area contributed by atoms with E-state index in [1.807, 2.05) is 0 Å². The molecule has 0 radical (unpaired) electrons. The molecular weight excluding hydrogens is 220 g/mol. The van der Waals surface area contributed by atoms with Crippen LogP contribution in [0.25, 0.3) is 0 Å². The second-order valence-electron chi connectivity index (χ2n) is 6.33. The second-order valence-corrected chi connectivity index (χ2v) is 6.33. The Morgan fingerprint density at radius 1 is 0.778 bits per heavy atom. The molecule has 18 heavy (non-hydrogen) atoms. The fourth-order valence-corrected chi connectivity index (χ4v) is 2.47. The van der Waals surface area contributed by atoms with Gasteiger partial charge in [0.1, 0.15) is 6.29 Å². The van der Waals surface area contributed by atoms with E-state index in [9.17, 15) is 4.79 Å². The third kappa shape index (κ3) is 10.8. The summed E-state index contributed by atoms with van der Waals surface area (Å²) in [5, 5.41) is 0. The van der Waals surface area contributed by atoms with Crippen molar-refractivity contribution in [3.05, 3.63) is 0 Å². The lowest BCUT2D eigenvalue weighted by Crippen LogP contribution is -2.00. The van der Waals surface area contributed by atoms with E-state index in [4.69, 9.17) is 0 Å². The summed E-state index contributed by atoms with van der Waals surface area (Å²) in [6.45, 7) is 9.32. The Morgan fingerprint density at radius 3 is 1.67 bits per heavy atom. The van der Waals surface area contributed by atoms with Gasteiger partial charge in [-0.15, -0.1) is 0 Å². The molecule has 108 valence electrons. The van der Waals surface area contributed by atoms with Crippen molar-refractivity contribution >= 4 is 6.29 Å². The monoisotopic (exact) mass is 254 g/mol. The summed E-state index contributed by atoms with van der Waals surface area (Å²) < 4.78 is 0. The standard InChI is InChI=1S/C17H34O/c1-5-15(2)9-6-10-16(3)11-7-12-17(4)13-8-14-18/h14-17H,5-13H2,1-4H3. The van der Waals surface area contributed by atoms with Gasteiger partial charge in [0.2, 0.25) is 0 Å². The Bertz CT molecular complexity index is 188. The minimum atomic E-state index is 0.725. The SMILES string of the molecule is CCC(C)CCCC(C)CCCC(C)CCC=O. The lowest BCUT2D eigenvalue weighted by atomic mass is 9.91. The van der Waals surface area contributed by atoms with E-state index in [-0.39, 0.29) is 0 Å². The molecule has 0 aromatic rings. The summed E-state index contributed by atoms with van der Waals surface area (Å²) >= 11 is 0. The minimum absolute atomic E-state index is 0.725. The Balaban J connectivity index is 3.41. The fourth-order valence-electron chi connectivity index (χ4n) is 2.47. The molecule has 0 rings (SSSR count). The molecule has 0 bridgehead atoms. The van der Waals surface area contributed by atoms with Crippen LogP contribution in [0, 0.1) is 17.8 Å². The maximum absolute atomic E-state index is 10.3. The highest BCUT2D eigenvalue weighted by Crippen LogP contribution is 2.21. The first kappa shape index (κ1) is 17.7. The number of hydrogen-bond acceptors (Lipinski definition) is 1. The Morgan fingerprint density at radius 2 is 1.22 bits per heavy atom. The lowest BCUT2D eigenvalue weighted by molar-refractivity contribution is -0.108. The van der Waals surface area contributed by atoms with Crippen molar-refractivity contribution in [2.45, 2.75) is 85.5 Å². The van der Waals surface area contributed by atoms with Gasteiger partial charge in [-0.2, -0.15) is 0 Å². The molecule has 3 atom stereocenters. The van der Waals surface area contributed by atoms with Crippen LogP contribution in [0.1, 0.15) is 85.5 Å². The van der Waals surface area contributed by atoms with Gasteiger partial charge in [0.05, 0.1) is 0 Å². The minimum Gasteiger partial charge on any atom is -0.303 e. The Kier molecular flexibility index (Phi) is 11.5. The highest BCUT2D eigenvalue weighted by Gasteiger charge is 2.06. The van der Waals surface area contributed by atoms with Gasteiger partial charge >= 0.3 is 0 Å². The van der Waals surface area contributed by atoms with Crippen molar-refractivity contribution in [1.29, 1.82) is 0 Å². The van der Waals surface area contributed by atoms with Crippen molar-refractivity contribution in [2.75, 3.05) is 0 Å². The van der Waals surface area contributed by atoms with E-state index in [0.717, 1.165) is 36.9 Å². The van der Waals surface area contributed by atoms with Gasteiger partial charge in [-0.1, -0.05) is 72.6 Å². The number of aldehydes is 1. The van der Waals surface area contributed by atoms with E-state index >= 15 is 0 Å². The van der Waals surface area contributed by atoms with E-state index in [0.29, 0.717) is 0 Å². The molecule has 0 heterocycles. The van der Waals surface area contributed by atoms with Crippen LogP contribution in [0.5, 0.6) is 0 Å². The number of hydrogen-bond donors (Lipinski definition) is 0. The van der Waals surface area contributed by atoms with E-state index < -0.39 is 0 Å². The smallest absolute Gasteiger partial charge is 0.120 e. The molecule has 1 heteroatoms. The lowest BCUT2D eigenvalue weighted by Gasteiger charge is -2.15. The molecule has 0 spiro atoms. The molecule has 0 aliphatic rings. The van der Waals surface area contributed by atoms with Gasteiger partial charge in [0.25, 0.3) is 0 Å². The average molecular weight is 254 g/mol. The van der Waals surface area contributed by atoms with Gasteiger partial charge in [-0.3, -0.25) is 0 Å². The molecule has 1 nitrogen and oxygen atoms in total. The summed E-state index contributed by atoms with van der Waals surface area (Å²) in [7, 11) is 0. The van der Waals surface area contributed by atoms with E-state index in [2.05, 4.69) is 27.7 Å². The van der Waals surface area contributed by atoms with E-state index in [1.54, 1.807) is 0 Å². The van der Waals surface area contributed by atoms with Crippen LogP contribution in [0.15, 0.2) is 0 Å². The molecule has 0 saturated heterocycles. The largest absolute Gasteiger partial charge is 0.303 e. The molecule has 0 saturated carbocycles. The maximum atomic E-state index is 10.3. The zero-order chi connectivity index (χ0) is 13.8. The van der Waals surface area contributed by atoms with Crippen LogP contribution >= 0.6 is 0 Å². The maximum Gasteiger partial charge on any atom is 0.120 e. The van der Waals surface area contributed by atoms with Crippen molar-refractivity contribution in [3.8, 4) is 0 Å². The molecule has 0 fully saturated rings. The normalized spacial score (nSPS) is 16.2. The van der Waals surface area contributed by atoms with Crippen LogP contribution in [0.4, 0.5) is 0 Å². The molecular formula is C17H34O. The topological polar surface area (TPSA) is 17.1 Å². The van der Waals surface area contributed by atoms with Gasteiger partial charge in [0.15, 0.2) is 0 Å². The zero-order valence-electron chi connectivity index (χ0n) is 13.1. The second kappa shape index (κ2) is 11.7.